The van der Waals surface area contributed by atoms with Gasteiger partial charge in [0.1, 0.15) is 0 Å². The molecule has 0 N–H and O–H groups in total. The number of hydrogen-bond donors (Lipinski definition) is 0. The quantitative estimate of drug-likeness (QED) is 0.210. The molecule has 0 amide bonds. The highest BCUT2D eigenvalue weighted by Gasteiger charge is 2.26. The SMILES string of the molecule is Cc1c(C)c(C)c2c(-c3ccccc3)c3c(C)c(-c4ccccc4)c(C)c(C)c3c(-c3ccccc3)c2c1C. The van der Waals surface area contributed by atoms with Crippen LogP contribution in [-0.4, -0.2) is 0 Å². The Morgan fingerprint density at radius 3 is 0.897 bits per heavy atom. The molecule has 0 aliphatic carbocycles. The van der Waals surface area contributed by atoms with E-state index in [0.717, 1.165) is 0 Å². The third-order valence-corrected chi connectivity index (χ3v) is 9.19. The van der Waals surface area contributed by atoms with Crippen LogP contribution in [0.25, 0.3) is 54.9 Å². The maximum atomic E-state index is 2.34. The third kappa shape index (κ3) is 3.73. The minimum absolute atomic E-state index is 1.28. The van der Waals surface area contributed by atoms with Crippen LogP contribution in [0.4, 0.5) is 0 Å². The molecule has 0 bridgehead atoms. The summed E-state index contributed by atoms with van der Waals surface area (Å²) in [7, 11) is 0. The Balaban J connectivity index is 2.01. The maximum absolute atomic E-state index is 2.34. The zero-order valence-electron chi connectivity index (χ0n) is 24.2. The second kappa shape index (κ2) is 9.54. The Morgan fingerprint density at radius 1 is 0.256 bits per heavy atom. The summed E-state index contributed by atoms with van der Waals surface area (Å²) in [5.41, 5.74) is 17.6. The summed E-state index contributed by atoms with van der Waals surface area (Å²) >= 11 is 0. The number of rotatable bonds is 3. The molecule has 6 rings (SSSR count). The third-order valence-electron chi connectivity index (χ3n) is 9.19. The van der Waals surface area contributed by atoms with Gasteiger partial charge in [0.2, 0.25) is 0 Å². The van der Waals surface area contributed by atoms with E-state index in [1.807, 2.05) is 0 Å². The van der Waals surface area contributed by atoms with Gasteiger partial charge in [0.25, 0.3) is 0 Å². The second-order valence-electron chi connectivity index (χ2n) is 11.1. The molecule has 0 radical (unpaired) electrons. The molecule has 6 aromatic carbocycles. The number of fused-ring (bicyclic) bond motifs is 2. The molecule has 0 atom stereocenters. The van der Waals surface area contributed by atoms with Gasteiger partial charge in [-0.3, -0.25) is 0 Å². The lowest BCUT2D eigenvalue weighted by Crippen LogP contribution is -2.03. The topological polar surface area (TPSA) is 0 Å². The van der Waals surface area contributed by atoms with Crippen LogP contribution < -0.4 is 0 Å². The molecule has 6 aromatic rings. The molecular weight excluding hydrogens is 468 g/mol. The number of benzene rings is 6. The highest BCUT2D eigenvalue weighted by atomic mass is 14.3. The molecule has 0 unspecified atom stereocenters. The lowest BCUT2D eigenvalue weighted by molar-refractivity contribution is 1.25. The van der Waals surface area contributed by atoms with E-state index in [9.17, 15) is 0 Å². The first-order chi connectivity index (χ1) is 18.8. The summed E-state index contributed by atoms with van der Waals surface area (Å²) in [5.74, 6) is 0. The van der Waals surface area contributed by atoms with E-state index in [1.54, 1.807) is 0 Å². The van der Waals surface area contributed by atoms with Gasteiger partial charge >= 0.3 is 0 Å². The molecule has 0 aliphatic rings. The predicted molar refractivity (Wildman–Crippen MR) is 171 cm³/mol. The van der Waals surface area contributed by atoms with Crippen molar-refractivity contribution in [3.63, 3.8) is 0 Å². The van der Waals surface area contributed by atoms with Gasteiger partial charge in [0.05, 0.1) is 0 Å². The Kier molecular flexibility index (Phi) is 6.15. The van der Waals surface area contributed by atoms with Gasteiger partial charge in [-0.15, -0.1) is 0 Å². The fourth-order valence-electron chi connectivity index (χ4n) is 6.79. The molecule has 39 heavy (non-hydrogen) atoms. The van der Waals surface area contributed by atoms with Gasteiger partial charge in [-0.25, -0.2) is 0 Å². The fourth-order valence-corrected chi connectivity index (χ4v) is 6.79. The molecule has 0 fully saturated rings. The second-order valence-corrected chi connectivity index (χ2v) is 11.1. The van der Waals surface area contributed by atoms with Crippen molar-refractivity contribution >= 4 is 21.5 Å². The van der Waals surface area contributed by atoms with Crippen molar-refractivity contribution in [3.05, 3.63) is 130 Å². The first-order valence-corrected chi connectivity index (χ1v) is 14.0. The van der Waals surface area contributed by atoms with Crippen LogP contribution >= 0.6 is 0 Å². The van der Waals surface area contributed by atoms with E-state index in [4.69, 9.17) is 0 Å². The van der Waals surface area contributed by atoms with Gasteiger partial charge in [-0.2, -0.15) is 0 Å². The lowest BCUT2D eigenvalue weighted by Gasteiger charge is -2.27. The summed E-state index contributed by atoms with van der Waals surface area (Å²) in [6.45, 7) is 16.2. The molecule has 0 saturated carbocycles. The zero-order valence-corrected chi connectivity index (χ0v) is 24.2. The molecule has 0 spiro atoms. The van der Waals surface area contributed by atoms with Crippen molar-refractivity contribution < 1.29 is 0 Å². The summed E-state index contributed by atoms with van der Waals surface area (Å²) in [6, 6.07) is 33.0. The summed E-state index contributed by atoms with van der Waals surface area (Å²) in [5, 5.41) is 5.54. The average Bonchev–Trinajstić information content (AvgIpc) is 2.98. The van der Waals surface area contributed by atoms with Crippen LogP contribution in [0, 0.1) is 48.5 Å². The fraction of sp³-hybridized carbons (Fsp3) is 0.179. The lowest BCUT2D eigenvalue weighted by atomic mass is 9.76. The normalized spacial score (nSPS) is 11.5. The first kappa shape index (κ1) is 25.1. The van der Waals surface area contributed by atoms with Crippen molar-refractivity contribution in [3.8, 4) is 33.4 Å². The number of hydrogen-bond acceptors (Lipinski definition) is 0. The monoisotopic (exact) mass is 504 g/mol. The van der Waals surface area contributed by atoms with Crippen LogP contribution in [0.5, 0.6) is 0 Å². The standard InChI is InChI=1S/C39H36/c1-23-24(2)26(4)35-34(25(23)3)38(31-19-13-9-14-20-31)36-28(6)27(5)33(30-17-11-8-12-18-30)29(7)37(36)39(35)32-21-15-10-16-22-32/h8-22H,1-7H3. The van der Waals surface area contributed by atoms with Gasteiger partial charge in [-0.1, -0.05) is 91.0 Å². The summed E-state index contributed by atoms with van der Waals surface area (Å²) in [4.78, 5) is 0. The van der Waals surface area contributed by atoms with Gasteiger partial charge < -0.3 is 0 Å². The molecular formula is C39H36. The van der Waals surface area contributed by atoms with Crippen molar-refractivity contribution in [2.75, 3.05) is 0 Å². The van der Waals surface area contributed by atoms with Gasteiger partial charge in [-0.05, 0) is 142 Å². The Hall–Kier alpha value is -4.16. The Morgan fingerprint density at radius 2 is 0.538 bits per heavy atom. The van der Waals surface area contributed by atoms with Crippen molar-refractivity contribution in [1.82, 2.24) is 0 Å². The smallest absolute Gasteiger partial charge is 0.00205 e. The van der Waals surface area contributed by atoms with E-state index in [2.05, 4.69) is 139 Å². The summed E-state index contributed by atoms with van der Waals surface area (Å²) in [6.07, 6.45) is 0. The van der Waals surface area contributed by atoms with E-state index in [-0.39, 0.29) is 0 Å². The zero-order chi connectivity index (χ0) is 27.4. The first-order valence-electron chi connectivity index (χ1n) is 14.0. The van der Waals surface area contributed by atoms with Crippen LogP contribution in [-0.2, 0) is 0 Å². The van der Waals surface area contributed by atoms with Crippen LogP contribution in [0.2, 0.25) is 0 Å². The van der Waals surface area contributed by atoms with Gasteiger partial charge in [0, 0.05) is 0 Å². The molecule has 0 aromatic heterocycles. The molecule has 0 heteroatoms. The Bertz CT molecular complexity index is 1870. The highest BCUT2D eigenvalue weighted by Crippen LogP contribution is 2.51. The van der Waals surface area contributed by atoms with Crippen LogP contribution in [0.1, 0.15) is 38.9 Å². The van der Waals surface area contributed by atoms with Crippen molar-refractivity contribution in [2.45, 2.75) is 48.5 Å². The van der Waals surface area contributed by atoms with E-state index >= 15 is 0 Å². The van der Waals surface area contributed by atoms with E-state index in [0.29, 0.717) is 0 Å². The van der Waals surface area contributed by atoms with Gasteiger partial charge in [0.15, 0.2) is 0 Å². The van der Waals surface area contributed by atoms with E-state index in [1.165, 1.54) is 93.9 Å². The van der Waals surface area contributed by atoms with E-state index < -0.39 is 0 Å². The molecule has 0 nitrogen and oxygen atoms in total. The minimum Gasteiger partial charge on any atom is -0.0622 e. The van der Waals surface area contributed by atoms with Crippen LogP contribution in [0.15, 0.2) is 91.0 Å². The molecule has 192 valence electrons. The molecule has 0 saturated heterocycles. The molecule has 0 heterocycles. The minimum atomic E-state index is 1.28. The largest absolute Gasteiger partial charge is 0.0622 e. The van der Waals surface area contributed by atoms with Crippen LogP contribution in [0.3, 0.4) is 0 Å². The highest BCUT2D eigenvalue weighted by molar-refractivity contribution is 6.25. The number of aryl methyl sites for hydroxylation is 4. The summed E-state index contributed by atoms with van der Waals surface area (Å²) < 4.78 is 0. The van der Waals surface area contributed by atoms with Crippen molar-refractivity contribution in [2.24, 2.45) is 0 Å². The maximum Gasteiger partial charge on any atom is -0.00205 e. The Labute approximate surface area is 233 Å². The predicted octanol–water partition coefficient (Wildman–Crippen LogP) is 11.2. The molecule has 0 aliphatic heterocycles. The van der Waals surface area contributed by atoms with Crippen molar-refractivity contribution in [1.29, 1.82) is 0 Å². The average molecular weight is 505 g/mol.